The van der Waals surface area contributed by atoms with E-state index in [4.69, 9.17) is 34.2 Å². The first-order valence-electron chi connectivity index (χ1n) is 10.0. The van der Waals surface area contributed by atoms with Crippen molar-refractivity contribution in [1.82, 2.24) is 14.8 Å². The van der Waals surface area contributed by atoms with Crippen LogP contribution in [0.4, 0.5) is 0 Å². The van der Waals surface area contributed by atoms with E-state index in [1.807, 2.05) is 30.3 Å². The first kappa shape index (κ1) is 22.3. The van der Waals surface area contributed by atoms with Gasteiger partial charge in [-0.15, -0.1) is 5.10 Å². The Labute approximate surface area is 183 Å². The lowest BCUT2D eigenvalue weighted by atomic mass is 10.1. The van der Waals surface area contributed by atoms with Crippen LogP contribution < -0.4 is 5.73 Å². The molecular weight excluding hydrogens is 424 g/mol. The molecule has 0 radical (unpaired) electrons. The van der Waals surface area contributed by atoms with Crippen LogP contribution in [0.2, 0.25) is 0 Å². The summed E-state index contributed by atoms with van der Waals surface area (Å²) in [6, 6.07) is 9.42. The molecule has 2 saturated heterocycles. The lowest BCUT2D eigenvalue weighted by Gasteiger charge is -2.20. The number of esters is 1. The molecule has 172 valence electrons. The summed E-state index contributed by atoms with van der Waals surface area (Å²) in [4.78, 5) is 27.2. The molecule has 2 N–H and O–H groups in total. The minimum atomic E-state index is -0.761. The van der Waals surface area contributed by atoms with E-state index in [2.05, 4.69) is 10.1 Å². The van der Waals surface area contributed by atoms with Gasteiger partial charge in [0, 0.05) is 12.7 Å². The number of amides is 1. The normalized spacial score (nSPS) is 26.7. The number of hydrogen-bond donors (Lipinski definition) is 1. The highest BCUT2D eigenvalue weighted by Crippen LogP contribution is 2.43. The molecule has 32 heavy (non-hydrogen) atoms. The van der Waals surface area contributed by atoms with E-state index in [9.17, 15) is 9.59 Å². The van der Waals surface area contributed by atoms with E-state index in [0.29, 0.717) is 6.61 Å². The van der Waals surface area contributed by atoms with Gasteiger partial charge in [-0.2, -0.15) is 0 Å². The lowest BCUT2D eigenvalue weighted by Crippen LogP contribution is -2.33. The molecular formula is C20H24N4O8. The molecule has 4 unspecified atom stereocenters. The third-order valence-corrected chi connectivity index (χ3v) is 4.97. The number of ether oxygens (including phenoxy) is 6. The van der Waals surface area contributed by atoms with E-state index >= 15 is 0 Å². The fourth-order valence-electron chi connectivity index (χ4n) is 3.47. The Morgan fingerprint density at radius 3 is 2.62 bits per heavy atom. The molecule has 2 aliphatic heterocycles. The van der Waals surface area contributed by atoms with Gasteiger partial charge in [0.05, 0.1) is 13.2 Å². The van der Waals surface area contributed by atoms with Gasteiger partial charge >= 0.3 is 5.97 Å². The average molecular weight is 448 g/mol. The highest BCUT2D eigenvalue weighted by Gasteiger charge is 2.54. The molecule has 0 spiro atoms. The van der Waals surface area contributed by atoms with Crippen LogP contribution in [-0.4, -0.2) is 78.5 Å². The number of primary amides is 1. The number of nitrogens with zero attached hydrogens (tertiary/aromatic N) is 3. The molecule has 0 saturated carbocycles. The average Bonchev–Trinajstić information content (AvgIpc) is 3.51. The van der Waals surface area contributed by atoms with Crippen molar-refractivity contribution in [3.05, 3.63) is 48.0 Å². The smallest absolute Gasteiger partial charge is 0.332 e. The van der Waals surface area contributed by atoms with Gasteiger partial charge in [-0.1, -0.05) is 30.3 Å². The van der Waals surface area contributed by atoms with Crippen molar-refractivity contribution < 1.29 is 38.0 Å². The summed E-state index contributed by atoms with van der Waals surface area (Å²) in [6.07, 6.45) is -1.82. The van der Waals surface area contributed by atoms with E-state index in [-0.39, 0.29) is 25.6 Å². The van der Waals surface area contributed by atoms with E-state index in [1.54, 1.807) is 7.11 Å². The minimum absolute atomic E-state index is 0.0770. The van der Waals surface area contributed by atoms with E-state index < -0.39 is 42.7 Å². The second-order valence-electron chi connectivity index (χ2n) is 7.15. The molecule has 12 nitrogen and oxygen atoms in total. The molecule has 3 heterocycles. The van der Waals surface area contributed by atoms with Crippen LogP contribution in [0.3, 0.4) is 0 Å². The van der Waals surface area contributed by atoms with Crippen molar-refractivity contribution in [2.75, 3.05) is 33.5 Å². The van der Waals surface area contributed by atoms with Gasteiger partial charge in [0.2, 0.25) is 5.82 Å². The van der Waals surface area contributed by atoms with Gasteiger partial charge in [-0.05, 0) is 0 Å². The topological polar surface area (TPSA) is 146 Å². The number of carbonyl (C=O) groups is 2. The summed E-state index contributed by atoms with van der Waals surface area (Å²) in [7, 11) is 1.54. The number of carbonyl (C=O) groups excluding carboxylic acids is 2. The van der Waals surface area contributed by atoms with Crippen LogP contribution in [0.25, 0.3) is 0 Å². The molecule has 2 fully saturated rings. The van der Waals surface area contributed by atoms with Crippen LogP contribution >= 0.6 is 0 Å². The zero-order valence-electron chi connectivity index (χ0n) is 17.4. The number of hydrogen-bond acceptors (Lipinski definition) is 10. The maximum absolute atomic E-state index is 12.0. The zero-order chi connectivity index (χ0) is 22.5. The standard InChI is InChI=1S/C20H24N4O8/c1-27-7-8-28-10-14(25)29-9-13-15-16(32-20(31-15)12-5-3-2-4-6-12)19(30-13)24-11-22-18(23-24)17(21)26/h2-6,11,13,15-16,19-20H,7-10H2,1H3,(H2,21,26)/t13?,15?,16?,19-,20?/m1/s1. The SMILES string of the molecule is COCCOCC(=O)OCC1O[C@@H](n2cnc(C(N)=O)n2)C2OC(c3ccccc3)OC12. The number of benzene rings is 1. The number of nitrogens with two attached hydrogens (primary N) is 1. The Morgan fingerprint density at radius 2 is 1.91 bits per heavy atom. The van der Waals surface area contributed by atoms with Crippen LogP contribution in [0.15, 0.2) is 36.7 Å². The molecule has 2 aromatic rings. The minimum Gasteiger partial charge on any atom is -0.461 e. The monoisotopic (exact) mass is 448 g/mol. The summed E-state index contributed by atoms with van der Waals surface area (Å²) in [5.74, 6) is -1.45. The van der Waals surface area contributed by atoms with Crippen LogP contribution in [0.1, 0.15) is 28.7 Å². The Morgan fingerprint density at radius 1 is 1.12 bits per heavy atom. The molecule has 5 atom stereocenters. The first-order chi connectivity index (χ1) is 15.6. The summed E-state index contributed by atoms with van der Waals surface area (Å²) in [5.41, 5.74) is 6.08. The highest BCUT2D eigenvalue weighted by atomic mass is 16.8. The predicted molar refractivity (Wildman–Crippen MR) is 105 cm³/mol. The molecule has 4 rings (SSSR count). The van der Waals surface area contributed by atoms with Crippen LogP contribution in [-0.2, 0) is 33.2 Å². The number of aromatic nitrogens is 3. The summed E-state index contributed by atoms with van der Waals surface area (Å²) in [5, 5.41) is 4.07. The van der Waals surface area contributed by atoms with Gasteiger partial charge in [0.15, 0.2) is 12.5 Å². The Balaban J connectivity index is 1.44. The van der Waals surface area contributed by atoms with Crippen molar-refractivity contribution >= 4 is 11.9 Å². The zero-order valence-corrected chi connectivity index (χ0v) is 17.4. The summed E-state index contributed by atoms with van der Waals surface area (Å²) < 4.78 is 34.9. The van der Waals surface area contributed by atoms with Gasteiger partial charge in [0.1, 0.15) is 37.9 Å². The molecule has 1 amide bonds. The van der Waals surface area contributed by atoms with Crippen LogP contribution in [0.5, 0.6) is 0 Å². The maximum Gasteiger partial charge on any atom is 0.332 e. The largest absolute Gasteiger partial charge is 0.461 e. The summed E-state index contributed by atoms with van der Waals surface area (Å²) >= 11 is 0. The molecule has 0 aliphatic carbocycles. The Bertz CT molecular complexity index is 923. The highest BCUT2D eigenvalue weighted by molar-refractivity contribution is 5.88. The third-order valence-electron chi connectivity index (χ3n) is 4.97. The molecule has 2 aliphatic rings. The van der Waals surface area contributed by atoms with Gasteiger partial charge in [-0.3, -0.25) is 4.79 Å². The predicted octanol–water partition coefficient (Wildman–Crippen LogP) is -0.0366. The third kappa shape index (κ3) is 4.95. The fourth-order valence-corrected chi connectivity index (χ4v) is 3.47. The number of rotatable bonds is 10. The molecule has 1 aromatic heterocycles. The second kappa shape index (κ2) is 10.1. The second-order valence-corrected chi connectivity index (χ2v) is 7.15. The number of methoxy groups -OCH3 is 1. The van der Waals surface area contributed by atoms with Gasteiger partial charge in [0.25, 0.3) is 5.91 Å². The van der Waals surface area contributed by atoms with Crippen molar-refractivity contribution in [3.63, 3.8) is 0 Å². The van der Waals surface area contributed by atoms with Crippen LogP contribution in [0, 0.1) is 0 Å². The van der Waals surface area contributed by atoms with E-state index in [1.165, 1.54) is 11.0 Å². The van der Waals surface area contributed by atoms with Gasteiger partial charge in [-0.25, -0.2) is 14.5 Å². The quantitative estimate of drug-likeness (QED) is 0.388. The first-order valence-corrected chi connectivity index (χ1v) is 10.0. The van der Waals surface area contributed by atoms with Gasteiger partial charge < -0.3 is 34.2 Å². The number of fused-ring (bicyclic) bond motifs is 1. The molecule has 0 bridgehead atoms. The van der Waals surface area contributed by atoms with Crippen molar-refractivity contribution in [1.29, 1.82) is 0 Å². The lowest BCUT2D eigenvalue weighted by molar-refractivity contribution is -0.170. The Hall–Kier alpha value is -2.90. The molecule has 12 heteroatoms. The Kier molecular flexibility index (Phi) is 7.07. The van der Waals surface area contributed by atoms with Crippen molar-refractivity contribution in [2.24, 2.45) is 5.73 Å². The van der Waals surface area contributed by atoms with Crippen molar-refractivity contribution in [2.45, 2.75) is 30.8 Å². The molecule has 1 aromatic carbocycles. The van der Waals surface area contributed by atoms with Crippen molar-refractivity contribution in [3.8, 4) is 0 Å². The van der Waals surface area contributed by atoms with E-state index in [0.717, 1.165) is 5.56 Å². The maximum atomic E-state index is 12.0. The fraction of sp³-hybridized carbons (Fsp3) is 0.500. The summed E-state index contributed by atoms with van der Waals surface area (Å²) in [6.45, 7) is 0.374.